The Kier molecular flexibility index (Phi) is 4.22. The van der Waals surface area contributed by atoms with Crippen LogP contribution in [0.3, 0.4) is 0 Å². The highest BCUT2D eigenvalue weighted by atomic mass is 16.5. The zero-order chi connectivity index (χ0) is 19.1. The molecule has 0 unspecified atom stereocenters. The largest absolute Gasteiger partial charge is 0.507 e. The zero-order valence-electron chi connectivity index (χ0n) is 15.1. The molecule has 8 heteroatoms. The lowest BCUT2D eigenvalue weighted by Gasteiger charge is -2.29. The summed E-state index contributed by atoms with van der Waals surface area (Å²) >= 11 is 0. The number of phenols is 1. The van der Waals surface area contributed by atoms with Crippen LogP contribution in [-0.2, 0) is 11.2 Å². The Balaban J connectivity index is 1.59. The summed E-state index contributed by atoms with van der Waals surface area (Å²) in [7, 11) is 0. The number of aromatic nitrogens is 3. The second kappa shape index (κ2) is 6.88. The maximum Gasteiger partial charge on any atom is 0.158 e. The summed E-state index contributed by atoms with van der Waals surface area (Å²) < 4.78 is 10.8. The van der Waals surface area contributed by atoms with Crippen molar-refractivity contribution in [3.8, 4) is 22.8 Å². The molecular formula is C20H20N4O4. The molecule has 0 aliphatic carbocycles. The maximum absolute atomic E-state index is 10.8. The summed E-state index contributed by atoms with van der Waals surface area (Å²) in [4.78, 5) is 4.22. The molecular weight excluding hydrogens is 360 g/mol. The summed E-state index contributed by atoms with van der Waals surface area (Å²) in [6, 6.07) is 5.35. The van der Waals surface area contributed by atoms with Gasteiger partial charge in [-0.2, -0.15) is 0 Å². The Morgan fingerprint density at radius 3 is 2.93 bits per heavy atom. The fraction of sp³-hybridized carbons (Fsp3) is 0.350. The number of pyridine rings is 1. The molecule has 2 aromatic heterocycles. The second-order valence-corrected chi connectivity index (χ2v) is 7.04. The Bertz CT molecular complexity index is 1040. The monoisotopic (exact) mass is 380 g/mol. The van der Waals surface area contributed by atoms with E-state index in [0.717, 1.165) is 16.3 Å². The number of nitrogens with zero attached hydrogens (tertiary/aromatic N) is 3. The van der Waals surface area contributed by atoms with E-state index < -0.39 is 6.10 Å². The van der Waals surface area contributed by atoms with Crippen molar-refractivity contribution >= 4 is 16.6 Å². The van der Waals surface area contributed by atoms with E-state index in [-0.39, 0.29) is 11.8 Å². The summed E-state index contributed by atoms with van der Waals surface area (Å²) in [5, 5.41) is 34.6. The standard InChI is InChI=1S/C20H20N4O4/c25-16-10-27-7-5-15(16)22-20-14-9-21-6-3-11(14)18(23-24-20)13-1-2-17-12(19(13)26)4-8-28-17/h1-3,6,9,15-16,25-26H,4-5,7-8,10H2,(H,22,24)/t15-,16+/m1/s1. The highest BCUT2D eigenvalue weighted by molar-refractivity contribution is 6.00. The van der Waals surface area contributed by atoms with Gasteiger partial charge in [-0.15, -0.1) is 10.2 Å². The molecule has 1 fully saturated rings. The van der Waals surface area contributed by atoms with Crippen molar-refractivity contribution < 1.29 is 19.7 Å². The van der Waals surface area contributed by atoms with Crippen LogP contribution in [0, 0.1) is 0 Å². The van der Waals surface area contributed by atoms with E-state index in [2.05, 4.69) is 20.5 Å². The van der Waals surface area contributed by atoms with Crippen molar-refractivity contribution in [1.29, 1.82) is 0 Å². The van der Waals surface area contributed by atoms with Gasteiger partial charge in [0.2, 0.25) is 0 Å². The Morgan fingerprint density at radius 2 is 2.04 bits per heavy atom. The molecule has 3 aromatic rings. The number of benzene rings is 1. The van der Waals surface area contributed by atoms with Gasteiger partial charge in [0.05, 0.1) is 25.4 Å². The number of aliphatic hydroxyl groups excluding tert-OH is 1. The minimum absolute atomic E-state index is 0.164. The molecule has 0 radical (unpaired) electrons. The van der Waals surface area contributed by atoms with Gasteiger partial charge in [-0.1, -0.05) is 0 Å². The summed E-state index contributed by atoms with van der Waals surface area (Å²) in [6.07, 6.45) is 4.15. The van der Waals surface area contributed by atoms with E-state index in [1.165, 1.54) is 0 Å². The lowest BCUT2D eigenvalue weighted by molar-refractivity contribution is -0.0135. The normalized spacial score (nSPS) is 21.3. The number of hydrogen-bond acceptors (Lipinski definition) is 8. The fourth-order valence-corrected chi connectivity index (χ4v) is 3.82. The quantitative estimate of drug-likeness (QED) is 0.632. The molecule has 0 spiro atoms. The van der Waals surface area contributed by atoms with Gasteiger partial charge in [0, 0.05) is 47.3 Å². The smallest absolute Gasteiger partial charge is 0.158 e. The van der Waals surface area contributed by atoms with E-state index >= 15 is 0 Å². The third kappa shape index (κ3) is 2.81. The molecule has 144 valence electrons. The highest BCUT2D eigenvalue weighted by Crippen LogP contribution is 2.41. The first-order valence-corrected chi connectivity index (χ1v) is 9.33. The van der Waals surface area contributed by atoms with Crippen molar-refractivity contribution in [2.45, 2.75) is 25.0 Å². The first-order chi connectivity index (χ1) is 13.7. The topological polar surface area (TPSA) is 110 Å². The number of nitrogens with one attached hydrogen (secondary N) is 1. The number of anilines is 1. The molecule has 0 amide bonds. The lowest BCUT2D eigenvalue weighted by Crippen LogP contribution is -2.42. The van der Waals surface area contributed by atoms with Gasteiger partial charge in [0.1, 0.15) is 17.2 Å². The molecule has 28 heavy (non-hydrogen) atoms. The van der Waals surface area contributed by atoms with Crippen LogP contribution in [0.1, 0.15) is 12.0 Å². The molecule has 5 rings (SSSR count). The molecule has 0 bridgehead atoms. The van der Waals surface area contributed by atoms with Gasteiger partial charge in [0.25, 0.3) is 0 Å². The van der Waals surface area contributed by atoms with Gasteiger partial charge in [-0.25, -0.2) is 0 Å². The van der Waals surface area contributed by atoms with Crippen LogP contribution in [0.2, 0.25) is 0 Å². The number of ether oxygens (including phenoxy) is 2. The molecule has 2 atom stereocenters. The first-order valence-electron chi connectivity index (χ1n) is 9.33. The molecule has 0 saturated carbocycles. The number of fused-ring (bicyclic) bond motifs is 2. The van der Waals surface area contributed by atoms with Crippen LogP contribution in [0.5, 0.6) is 11.5 Å². The fourth-order valence-electron chi connectivity index (χ4n) is 3.82. The molecule has 3 N–H and O–H groups in total. The van der Waals surface area contributed by atoms with Crippen LogP contribution >= 0.6 is 0 Å². The van der Waals surface area contributed by atoms with Crippen LogP contribution in [0.4, 0.5) is 5.82 Å². The van der Waals surface area contributed by atoms with Gasteiger partial charge in [-0.3, -0.25) is 4.98 Å². The van der Waals surface area contributed by atoms with Gasteiger partial charge in [0.15, 0.2) is 5.82 Å². The predicted molar refractivity (Wildman–Crippen MR) is 102 cm³/mol. The Labute approximate surface area is 161 Å². The van der Waals surface area contributed by atoms with Crippen molar-refractivity contribution in [1.82, 2.24) is 15.2 Å². The molecule has 1 saturated heterocycles. The number of aromatic hydroxyl groups is 1. The molecule has 1 aromatic carbocycles. The van der Waals surface area contributed by atoms with Crippen LogP contribution < -0.4 is 10.1 Å². The van der Waals surface area contributed by atoms with E-state index in [1.807, 2.05) is 12.1 Å². The van der Waals surface area contributed by atoms with Crippen LogP contribution in [-0.4, -0.2) is 57.4 Å². The van der Waals surface area contributed by atoms with Crippen molar-refractivity contribution in [2.75, 3.05) is 25.1 Å². The number of rotatable bonds is 3. The third-order valence-corrected chi connectivity index (χ3v) is 5.33. The molecule has 4 heterocycles. The van der Waals surface area contributed by atoms with E-state index in [4.69, 9.17) is 9.47 Å². The van der Waals surface area contributed by atoms with Crippen LogP contribution in [0.15, 0.2) is 30.6 Å². The number of phenolic OH excluding ortho intramolecular Hbond substituents is 1. The zero-order valence-corrected chi connectivity index (χ0v) is 15.1. The Morgan fingerprint density at radius 1 is 1.11 bits per heavy atom. The maximum atomic E-state index is 10.8. The van der Waals surface area contributed by atoms with Gasteiger partial charge >= 0.3 is 0 Å². The summed E-state index contributed by atoms with van der Waals surface area (Å²) in [6.45, 7) is 1.45. The van der Waals surface area contributed by atoms with Crippen molar-refractivity contribution in [3.05, 3.63) is 36.2 Å². The first kappa shape index (κ1) is 17.2. The van der Waals surface area contributed by atoms with E-state index in [1.54, 1.807) is 18.5 Å². The number of hydrogen-bond donors (Lipinski definition) is 3. The second-order valence-electron chi connectivity index (χ2n) is 7.04. The van der Waals surface area contributed by atoms with Gasteiger partial charge < -0.3 is 25.0 Å². The molecule has 2 aliphatic rings. The summed E-state index contributed by atoms with van der Waals surface area (Å²) in [5.74, 6) is 1.46. The summed E-state index contributed by atoms with van der Waals surface area (Å²) in [5.41, 5.74) is 2.00. The third-order valence-electron chi connectivity index (χ3n) is 5.33. The van der Waals surface area contributed by atoms with Crippen molar-refractivity contribution in [2.24, 2.45) is 0 Å². The van der Waals surface area contributed by atoms with Gasteiger partial charge in [-0.05, 0) is 24.6 Å². The van der Waals surface area contributed by atoms with Crippen LogP contribution in [0.25, 0.3) is 22.0 Å². The SMILES string of the molecule is Oc1c(-c2nnc(N[C@@H]3CCOC[C@@H]3O)c3cnccc23)ccc2c1CCO2. The molecule has 2 aliphatic heterocycles. The van der Waals surface area contributed by atoms with E-state index in [0.29, 0.717) is 55.5 Å². The van der Waals surface area contributed by atoms with E-state index in [9.17, 15) is 10.2 Å². The average Bonchev–Trinajstić information content (AvgIpc) is 3.20. The minimum Gasteiger partial charge on any atom is -0.507 e. The predicted octanol–water partition coefficient (Wildman–Crippen LogP) is 1.89. The minimum atomic E-state index is -0.609. The number of aliphatic hydroxyl groups is 1. The highest BCUT2D eigenvalue weighted by Gasteiger charge is 2.26. The molecule has 8 nitrogen and oxygen atoms in total. The van der Waals surface area contributed by atoms with Crippen molar-refractivity contribution in [3.63, 3.8) is 0 Å². The Hall–Kier alpha value is -2.97. The average molecular weight is 380 g/mol. The lowest BCUT2D eigenvalue weighted by atomic mass is 10.0.